The predicted octanol–water partition coefficient (Wildman–Crippen LogP) is 3.47. The third-order valence-corrected chi connectivity index (χ3v) is 3.75. The van der Waals surface area contributed by atoms with E-state index >= 15 is 0 Å². The average Bonchev–Trinajstić information content (AvgIpc) is 3.01. The fourth-order valence-corrected chi connectivity index (χ4v) is 2.76. The molecule has 124 valence electrons. The molecule has 1 fully saturated rings. The average molecular weight is 308 g/mol. The number of amides is 1. The van der Waals surface area contributed by atoms with E-state index in [1.807, 2.05) is 44.7 Å². The number of aryl methyl sites for hydroxylation is 1. The molecule has 0 aromatic carbocycles. The van der Waals surface area contributed by atoms with Crippen LogP contribution in [0.3, 0.4) is 0 Å². The van der Waals surface area contributed by atoms with Crippen molar-refractivity contribution in [1.82, 2.24) is 10.2 Å². The lowest BCUT2D eigenvalue weighted by atomic mass is 10.1. The van der Waals surface area contributed by atoms with E-state index in [4.69, 9.17) is 9.15 Å². The van der Waals surface area contributed by atoms with Gasteiger partial charge in [-0.1, -0.05) is 0 Å². The highest BCUT2D eigenvalue weighted by molar-refractivity contribution is 5.68. The zero-order valence-corrected chi connectivity index (χ0v) is 14.1. The molecular weight excluding hydrogens is 280 g/mol. The molecule has 5 heteroatoms. The molecule has 1 aliphatic rings. The van der Waals surface area contributed by atoms with E-state index in [2.05, 4.69) is 5.32 Å². The fourth-order valence-electron chi connectivity index (χ4n) is 2.76. The Balaban J connectivity index is 1.73. The first kappa shape index (κ1) is 16.9. The van der Waals surface area contributed by atoms with Crippen LogP contribution in [0, 0.1) is 6.92 Å². The summed E-state index contributed by atoms with van der Waals surface area (Å²) in [4.78, 5) is 14.1. The van der Waals surface area contributed by atoms with E-state index < -0.39 is 5.60 Å². The van der Waals surface area contributed by atoms with Crippen molar-refractivity contribution in [3.8, 4) is 0 Å². The van der Waals surface area contributed by atoms with Gasteiger partial charge in [0.25, 0.3) is 0 Å². The molecule has 0 spiro atoms. The number of likely N-dealkylation sites (tertiary alicyclic amines) is 1. The normalized spacial score (nSPS) is 18.7. The quantitative estimate of drug-likeness (QED) is 0.846. The van der Waals surface area contributed by atoms with Crippen molar-refractivity contribution in [2.45, 2.75) is 65.1 Å². The number of carbonyl (C=O) groups is 1. The van der Waals surface area contributed by atoms with Crippen molar-refractivity contribution in [2.75, 3.05) is 13.1 Å². The summed E-state index contributed by atoms with van der Waals surface area (Å²) in [6.45, 7) is 10.1. The molecule has 2 heterocycles. The van der Waals surface area contributed by atoms with Crippen LogP contribution in [0.2, 0.25) is 0 Å². The first-order chi connectivity index (χ1) is 10.3. The molecule has 2 rings (SSSR count). The van der Waals surface area contributed by atoms with Crippen LogP contribution in [0.15, 0.2) is 16.5 Å². The van der Waals surface area contributed by atoms with E-state index in [-0.39, 0.29) is 12.1 Å². The number of hydrogen-bond acceptors (Lipinski definition) is 4. The number of ether oxygens (including phenoxy) is 1. The summed E-state index contributed by atoms with van der Waals surface area (Å²) in [5.74, 6) is 1.89. The van der Waals surface area contributed by atoms with Crippen LogP contribution in [-0.2, 0) is 11.3 Å². The van der Waals surface area contributed by atoms with Crippen molar-refractivity contribution >= 4 is 6.09 Å². The Hall–Kier alpha value is -1.49. The molecule has 1 aromatic rings. The van der Waals surface area contributed by atoms with Gasteiger partial charge in [0.1, 0.15) is 17.1 Å². The summed E-state index contributed by atoms with van der Waals surface area (Å²) in [5.41, 5.74) is -0.431. The Kier molecular flexibility index (Phi) is 5.51. The van der Waals surface area contributed by atoms with Crippen molar-refractivity contribution in [3.05, 3.63) is 23.7 Å². The second-order valence-corrected chi connectivity index (χ2v) is 6.95. The molecule has 1 unspecified atom stereocenters. The number of rotatable bonds is 5. The van der Waals surface area contributed by atoms with Crippen LogP contribution in [0.4, 0.5) is 4.79 Å². The molecule has 1 saturated heterocycles. The monoisotopic (exact) mass is 308 g/mol. The van der Waals surface area contributed by atoms with E-state index in [0.29, 0.717) is 0 Å². The molecule has 1 atom stereocenters. The summed E-state index contributed by atoms with van der Waals surface area (Å²) < 4.78 is 11.0. The number of nitrogens with one attached hydrogen (secondary N) is 1. The first-order valence-corrected chi connectivity index (χ1v) is 8.11. The van der Waals surface area contributed by atoms with Crippen molar-refractivity contribution in [3.63, 3.8) is 0 Å². The number of furan rings is 1. The van der Waals surface area contributed by atoms with Gasteiger partial charge < -0.3 is 19.4 Å². The third-order valence-electron chi connectivity index (χ3n) is 3.75. The van der Waals surface area contributed by atoms with Crippen LogP contribution >= 0.6 is 0 Å². The first-order valence-electron chi connectivity index (χ1n) is 8.11. The zero-order chi connectivity index (χ0) is 16.2. The van der Waals surface area contributed by atoms with Gasteiger partial charge in [-0.15, -0.1) is 0 Å². The summed E-state index contributed by atoms with van der Waals surface area (Å²) in [5, 5.41) is 3.38. The highest BCUT2D eigenvalue weighted by Gasteiger charge is 2.31. The Morgan fingerprint density at radius 3 is 2.86 bits per heavy atom. The fraction of sp³-hybridized carbons (Fsp3) is 0.706. The lowest BCUT2D eigenvalue weighted by Gasteiger charge is -2.28. The summed E-state index contributed by atoms with van der Waals surface area (Å²) in [6.07, 6.45) is 2.87. The Morgan fingerprint density at radius 2 is 2.23 bits per heavy atom. The topological polar surface area (TPSA) is 54.7 Å². The molecule has 1 aromatic heterocycles. The van der Waals surface area contributed by atoms with Gasteiger partial charge in [-0.05, 0) is 65.6 Å². The molecule has 0 aliphatic carbocycles. The van der Waals surface area contributed by atoms with Gasteiger partial charge in [0, 0.05) is 12.6 Å². The lowest BCUT2D eigenvalue weighted by molar-refractivity contribution is 0.0220. The highest BCUT2D eigenvalue weighted by Crippen LogP contribution is 2.22. The largest absolute Gasteiger partial charge is 0.465 e. The minimum atomic E-state index is -0.431. The van der Waals surface area contributed by atoms with Crippen LogP contribution in [0.1, 0.15) is 51.6 Å². The van der Waals surface area contributed by atoms with E-state index in [1.54, 1.807) is 0 Å². The zero-order valence-electron chi connectivity index (χ0n) is 14.1. The van der Waals surface area contributed by atoms with Crippen LogP contribution in [0.25, 0.3) is 0 Å². The highest BCUT2D eigenvalue weighted by atomic mass is 16.6. The van der Waals surface area contributed by atoms with Crippen LogP contribution < -0.4 is 5.32 Å². The molecule has 1 amide bonds. The predicted molar refractivity (Wildman–Crippen MR) is 85.7 cm³/mol. The minimum absolute atomic E-state index is 0.184. The van der Waals surface area contributed by atoms with Gasteiger partial charge in [0.05, 0.1) is 6.54 Å². The van der Waals surface area contributed by atoms with Gasteiger partial charge in [-0.25, -0.2) is 4.79 Å². The van der Waals surface area contributed by atoms with E-state index in [9.17, 15) is 4.79 Å². The van der Waals surface area contributed by atoms with Crippen molar-refractivity contribution in [2.24, 2.45) is 0 Å². The van der Waals surface area contributed by atoms with Crippen molar-refractivity contribution < 1.29 is 13.9 Å². The second-order valence-electron chi connectivity index (χ2n) is 6.95. The third kappa shape index (κ3) is 5.05. The molecular formula is C17H28N2O3. The molecule has 1 N–H and O–H groups in total. The number of carbonyl (C=O) groups excluding carboxylic acids is 1. The molecule has 1 aliphatic heterocycles. The van der Waals surface area contributed by atoms with Crippen molar-refractivity contribution in [1.29, 1.82) is 0 Å². The van der Waals surface area contributed by atoms with Gasteiger partial charge >= 0.3 is 6.09 Å². The molecule has 0 saturated carbocycles. The second kappa shape index (κ2) is 7.18. The Bertz CT molecular complexity index is 490. The summed E-state index contributed by atoms with van der Waals surface area (Å²) in [7, 11) is 0. The van der Waals surface area contributed by atoms with Gasteiger partial charge in [-0.2, -0.15) is 0 Å². The lowest BCUT2D eigenvalue weighted by Crippen LogP contribution is -2.40. The minimum Gasteiger partial charge on any atom is -0.465 e. The Labute approximate surface area is 133 Å². The van der Waals surface area contributed by atoms with Crippen LogP contribution in [0.5, 0.6) is 0 Å². The number of nitrogens with zero attached hydrogens (tertiary/aromatic N) is 1. The molecule has 22 heavy (non-hydrogen) atoms. The van der Waals surface area contributed by atoms with Gasteiger partial charge in [0.2, 0.25) is 0 Å². The Morgan fingerprint density at radius 1 is 1.45 bits per heavy atom. The van der Waals surface area contributed by atoms with Gasteiger partial charge in [-0.3, -0.25) is 0 Å². The maximum atomic E-state index is 12.2. The smallest absolute Gasteiger partial charge is 0.410 e. The molecule has 5 nitrogen and oxygen atoms in total. The SMILES string of the molecule is Cc1ccc(CNCCC2CCCN2C(=O)OC(C)(C)C)o1. The summed E-state index contributed by atoms with van der Waals surface area (Å²) >= 11 is 0. The van der Waals surface area contributed by atoms with Crippen LogP contribution in [-0.4, -0.2) is 35.7 Å². The molecule has 0 bridgehead atoms. The van der Waals surface area contributed by atoms with Gasteiger partial charge in [0.15, 0.2) is 0 Å². The standard InChI is InChI=1S/C17H28N2O3/c1-13-7-8-15(21-13)12-18-10-9-14-6-5-11-19(14)16(20)22-17(2,3)4/h7-8,14,18H,5-6,9-12H2,1-4H3. The number of hydrogen-bond donors (Lipinski definition) is 1. The maximum absolute atomic E-state index is 12.2. The maximum Gasteiger partial charge on any atom is 0.410 e. The summed E-state index contributed by atoms with van der Waals surface area (Å²) in [6, 6.07) is 4.24. The van der Waals surface area contributed by atoms with E-state index in [1.165, 1.54) is 0 Å². The molecule has 0 radical (unpaired) electrons. The van der Waals surface area contributed by atoms with E-state index in [0.717, 1.165) is 50.4 Å².